The van der Waals surface area contributed by atoms with Crippen molar-refractivity contribution in [2.75, 3.05) is 13.2 Å². The van der Waals surface area contributed by atoms with Gasteiger partial charge in [0.1, 0.15) is 6.10 Å². The van der Waals surface area contributed by atoms with Crippen molar-refractivity contribution < 1.29 is 14.3 Å². The summed E-state index contributed by atoms with van der Waals surface area (Å²) in [5, 5.41) is 13.1. The first-order valence-electron chi connectivity index (χ1n) is 7.07. The number of carbonyl (C=O) groups is 1. The van der Waals surface area contributed by atoms with E-state index < -0.39 is 0 Å². The monoisotopic (exact) mass is 303 g/mol. The van der Waals surface area contributed by atoms with Crippen molar-refractivity contribution in [2.24, 2.45) is 0 Å². The van der Waals surface area contributed by atoms with Gasteiger partial charge >= 0.3 is 0 Å². The molecule has 2 atom stereocenters. The fourth-order valence-corrected chi connectivity index (χ4v) is 2.30. The Hall–Kier alpha value is -2.48. The summed E-state index contributed by atoms with van der Waals surface area (Å²) < 4.78 is 11.3. The lowest BCUT2D eigenvalue weighted by Gasteiger charge is -2.31. The Labute approximate surface area is 127 Å². The highest BCUT2D eigenvalue weighted by molar-refractivity contribution is 5.93. The van der Waals surface area contributed by atoms with Crippen LogP contribution >= 0.6 is 0 Å². The summed E-state index contributed by atoms with van der Waals surface area (Å²) in [5.41, 5.74) is 0.856. The van der Waals surface area contributed by atoms with E-state index >= 15 is 0 Å². The fraction of sp³-hybridized carbons (Fsp3) is 0.429. The fourth-order valence-electron chi connectivity index (χ4n) is 2.30. The highest BCUT2D eigenvalue weighted by atomic mass is 16.5. The van der Waals surface area contributed by atoms with Crippen LogP contribution < -0.4 is 10.1 Å². The van der Waals surface area contributed by atoms with Gasteiger partial charge < -0.3 is 14.8 Å². The van der Waals surface area contributed by atoms with Gasteiger partial charge in [-0.3, -0.25) is 4.79 Å². The Balaban J connectivity index is 1.67. The molecular formula is C14H17N5O3. The van der Waals surface area contributed by atoms with E-state index in [1.807, 2.05) is 12.1 Å². The number of aromatic nitrogens is 4. The molecule has 116 valence electrons. The van der Waals surface area contributed by atoms with Gasteiger partial charge in [-0.25, -0.2) is 4.98 Å². The molecule has 0 aliphatic carbocycles. The zero-order chi connectivity index (χ0) is 15.4. The number of H-pyrrole nitrogens is 1. The Morgan fingerprint density at radius 2 is 2.36 bits per heavy atom. The molecule has 0 aromatic carbocycles. The van der Waals surface area contributed by atoms with E-state index in [-0.39, 0.29) is 18.1 Å². The van der Waals surface area contributed by atoms with Gasteiger partial charge in [-0.1, -0.05) is 6.07 Å². The van der Waals surface area contributed by atoms with Gasteiger partial charge in [0.2, 0.25) is 5.88 Å². The maximum absolute atomic E-state index is 12.2. The standard InChI is InChI=1S/C14H17N5O3/c1-9-13(18-19-17-9)14(20)16-10-5-7-21-8-11(10)22-12-4-2-3-6-15-12/h2-4,6,10-11H,5,7-8H2,1H3,(H,16,20)(H,17,18,19)/t10-,11-/m1/s1. The minimum absolute atomic E-state index is 0.167. The molecule has 1 aliphatic heterocycles. The summed E-state index contributed by atoms with van der Waals surface area (Å²) in [5.74, 6) is 0.239. The molecule has 2 aromatic rings. The molecule has 1 saturated heterocycles. The van der Waals surface area contributed by atoms with Crippen LogP contribution in [0.4, 0.5) is 0 Å². The molecule has 0 radical (unpaired) electrons. The van der Waals surface area contributed by atoms with Gasteiger partial charge in [0, 0.05) is 18.9 Å². The third-order valence-electron chi connectivity index (χ3n) is 3.47. The zero-order valence-corrected chi connectivity index (χ0v) is 12.2. The molecule has 3 heterocycles. The van der Waals surface area contributed by atoms with Crippen LogP contribution in [-0.2, 0) is 4.74 Å². The summed E-state index contributed by atoms with van der Waals surface area (Å²) in [6.07, 6.45) is 2.03. The van der Waals surface area contributed by atoms with Crippen LogP contribution in [0.5, 0.6) is 5.88 Å². The lowest BCUT2D eigenvalue weighted by molar-refractivity contribution is -0.0153. The summed E-state index contributed by atoms with van der Waals surface area (Å²) in [7, 11) is 0. The van der Waals surface area contributed by atoms with Crippen molar-refractivity contribution in [3.63, 3.8) is 0 Å². The van der Waals surface area contributed by atoms with Crippen LogP contribution in [0.25, 0.3) is 0 Å². The highest BCUT2D eigenvalue weighted by Crippen LogP contribution is 2.16. The second kappa shape index (κ2) is 6.52. The minimum Gasteiger partial charge on any atom is -0.470 e. The molecule has 0 spiro atoms. The quantitative estimate of drug-likeness (QED) is 0.851. The lowest BCUT2D eigenvalue weighted by atomic mass is 10.1. The number of pyridine rings is 1. The largest absolute Gasteiger partial charge is 0.470 e. The molecule has 0 bridgehead atoms. The number of aryl methyl sites for hydroxylation is 1. The minimum atomic E-state index is -0.292. The maximum Gasteiger partial charge on any atom is 0.274 e. The van der Waals surface area contributed by atoms with Gasteiger partial charge in [-0.15, -0.1) is 0 Å². The number of carbonyl (C=O) groups excluding carboxylic acids is 1. The topological polar surface area (TPSA) is 102 Å². The second-order valence-corrected chi connectivity index (χ2v) is 5.03. The molecule has 8 heteroatoms. The van der Waals surface area contributed by atoms with E-state index in [0.29, 0.717) is 36.9 Å². The number of ether oxygens (including phenoxy) is 2. The molecule has 1 aliphatic rings. The number of hydrogen-bond donors (Lipinski definition) is 2. The average Bonchev–Trinajstić information content (AvgIpc) is 2.96. The van der Waals surface area contributed by atoms with Crippen molar-refractivity contribution in [3.8, 4) is 5.88 Å². The SMILES string of the molecule is Cc1n[nH]nc1C(=O)N[C@@H]1CCOC[C@H]1Oc1ccccn1. The normalized spacial score (nSPS) is 21.3. The predicted octanol–water partition coefficient (Wildman–Crippen LogP) is 0.474. The Kier molecular flexibility index (Phi) is 4.29. The van der Waals surface area contributed by atoms with E-state index in [1.165, 1.54) is 0 Å². The summed E-state index contributed by atoms with van der Waals surface area (Å²) in [4.78, 5) is 16.4. The molecule has 2 aromatic heterocycles. The van der Waals surface area contributed by atoms with E-state index in [1.54, 1.807) is 19.2 Å². The van der Waals surface area contributed by atoms with Crippen LogP contribution in [-0.4, -0.2) is 51.7 Å². The van der Waals surface area contributed by atoms with E-state index in [4.69, 9.17) is 9.47 Å². The number of rotatable bonds is 4. The number of amides is 1. The van der Waals surface area contributed by atoms with Crippen LogP contribution in [0.15, 0.2) is 24.4 Å². The molecule has 2 N–H and O–H groups in total. The van der Waals surface area contributed by atoms with Crippen molar-refractivity contribution in [2.45, 2.75) is 25.5 Å². The van der Waals surface area contributed by atoms with E-state index in [9.17, 15) is 4.79 Å². The van der Waals surface area contributed by atoms with Crippen molar-refractivity contribution in [3.05, 3.63) is 35.8 Å². The first-order chi connectivity index (χ1) is 10.7. The van der Waals surface area contributed by atoms with Crippen LogP contribution in [0, 0.1) is 6.92 Å². The van der Waals surface area contributed by atoms with Crippen molar-refractivity contribution in [1.82, 2.24) is 25.7 Å². The van der Waals surface area contributed by atoms with Gasteiger partial charge in [-0.05, 0) is 19.4 Å². The van der Waals surface area contributed by atoms with Crippen molar-refractivity contribution >= 4 is 5.91 Å². The summed E-state index contributed by atoms with van der Waals surface area (Å²) in [6, 6.07) is 5.27. The van der Waals surface area contributed by atoms with Gasteiger partial charge in [0.05, 0.1) is 18.3 Å². The third-order valence-corrected chi connectivity index (χ3v) is 3.47. The van der Waals surface area contributed by atoms with Gasteiger partial charge in [0.15, 0.2) is 5.69 Å². The first kappa shape index (κ1) is 14.5. The van der Waals surface area contributed by atoms with Gasteiger partial charge in [-0.2, -0.15) is 15.4 Å². The molecule has 3 rings (SSSR count). The summed E-state index contributed by atoms with van der Waals surface area (Å²) in [6.45, 7) is 2.70. The number of hydrogen-bond acceptors (Lipinski definition) is 6. The first-order valence-corrected chi connectivity index (χ1v) is 7.07. The molecule has 1 fully saturated rings. The highest BCUT2D eigenvalue weighted by Gasteiger charge is 2.30. The Morgan fingerprint density at radius 3 is 3.09 bits per heavy atom. The number of nitrogens with zero attached hydrogens (tertiary/aromatic N) is 3. The van der Waals surface area contributed by atoms with Crippen LogP contribution in [0.3, 0.4) is 0 Å². The van der Waals surface area contributed by atoms with Crippen molar-refractivity contribution in [1.29, 1.82) is 0 Å². The molecule has 0 saturated carbocycles. The van der Waals surface area contributed by atoms with Crippen LogP contribution in [0.1, 0.15) is 22.6 Å². The number of nitrogens with one attached hydrogen (secondary N) is 2. The molecular weight excluding hydrogens is 286 g/mol. The van der Waals surface area contributed by atoms with Crippen LogP contribution in [0.2, 0.25) is 0 Å². The lowest BCUT2D eigenvalue weighted by Crippen LogP contribution is -2.51. The zero-order valence-electron chi connectivity index (χ0n) is 12.2. The Bertz CT molecular complexity index is 630. The molecule has 22 heavy (non-hydrogen) atoms. The molecule has 1 amide bonds. The average molecular weight is 303 g/mol. The predicted molar refractivity (Wildman–Crippen MR) is 76.5 cm³/mol. The van der Waals surface area contributed by atoms with E-state index in [2.05, 4.69) is 25.7 Å². The summed E-state index contributed by atoms with van der Waals surface area (Å²) >= 11 is 0. The maximum atomic E-state index is 12.2. The Morgan fingerprint density at radius 1 is 1.45 bits per heavy atom. The van der Waals surface area contributed by atoms with Gasteiger partial charge in [0.25, 0.3) is 5.91 Å². The third kappa shape index (κ3) is 3.22. The van der Waals surface area contributed by atoms with E-state index in [0.717, 1.165) is 0 Å². The second-order valence-electron chi connectivity index (χ2n) is 5.03. The molecule has 8 nitrogen and oxygen atoms in total. The molecule has 0 unspecified atom stereocenters. The smallest absolute Gasteiger partial charge is 0.274 e. The number of aromatic amines is 1.